The summed E-state index contributed by atoms with van der Waals surface area (Å²) in [6, 6.07) is 21.2. The zero-order valence-corrected chi connectivity index (χ0v) is 14.1. The maximum absolute atomic E-state index is 12.6. The molecule has 0 spiro atoms. The molecule has 2 N–H and O–H groups in total. The number of nitrogens with zero attached hydrogens (tertiary/aromatic N) is 2. The van der Waals surface area contributed by atoms with Gasteiger partial charge in [0, 0.05) is 12.4 Å². The predicted octanol–water partition coefficient (Wildman–Crippen LogP) is 3.67. The van der Waals surface area contributed by atoms with Gasteiger partial charge in [-0.3, -0.25) is 9.78 Å². The fourth-order valence-electron chi connectivity index (χ4n) is 2.94. The lowest BCUT2D eigenvalue weighted by Crippen LogP contribution is -2.30. The number of para-hydroxylation sites is 2. The van der Waals surface area contributed by atoms with E-state index in [1.807, 2.05) is 54.6 Å². The van der Waals surface area contributed by atoms with Crippen LogP contribution in [0.25, 0.3) is 11.0 Å². The minimum absolute atomic E-state index is 0.167. The van der Waals surface area contributed by atoms with Gasteiger partial charge in [0.15, 0.2) is 0 Å². The second-order valence-corrected chi connectivity index (χ2v) is 6.10. The molecule has 0 bridgehead atoms. The van der Waals surface area contributed by atoms with Crippen LogP contribution in [0.1, 0.15) is 27.8 Å². The molecular formula is C21H18N4O. The summed E-state index contributed by atoms with van der Waals surface area (Å²) in [5, 5.41) is 3.09. The molecule has 0 saturated heterocycles. The maximum Gasteiger partial charge on any atom is 0.253 e. The summed E-state index contributed by atoms with van der Waals surface area (Å²) in [6.07, 6.45) is 3.86. The Bertz CT molecular complexity index is 979. The van der Waals surface area contributed by atoms with E-state index in [9.17, 15) is 4.79 Å². The number of carbonyl (C=O) groups excluding carboxylic acids is 1. The van der Waals surface area contributed by atoms with Gasteiger partial charge in [0.05, 0.1) is 22.6 Å². The quantitative estimate of drug-likeness (QED) is 0.581. The Labute approximate surface area is 151 Å². The number of hydrogen-bond acceptors (Lipinski definition) is 3. The van der Waals surface area contributed by atoms with Crippen molar-refractivity contribution in [3.63, 3.8) is 0 Å². The van der Waals surface area contributed by atoms with Crippen molar-refractivity contribution in [1.82, 2.24) is 20.3 Å². The Hall–Kier alpha value is -3.47. The smallest absolute Gasteiger partial charge is 0.253 e. The molecule has 2 aromatic heterocycles. The second kappa shape index (κ2) is 7.19. The minimum Gasteiger partial charge on any atom is -0.342 e. The van der Waals surface area contributed by atoms with Crippen LogP contribution in [0.2, 0.25) is 0 Å². The van der Waals surface area contributed by atoms with Gasteiger partial charge >= 0.3 is 0 Å². The highest BCUT2D eigenvalue weighted by molar-refractivity contribution is 5.94. The van der Waals surface area contributed by atoms with Gasteiger partial charge in [-0.15, -0.1) is 0 Å². The fourth-order valence-corrected chi connectivity index (χ4v) is 2.94. The molecular weight excluding hydrogens is 324 g/mol. The van der Waals surface area contributed by atoms with Crippen LogP contribution in [0, 0.1) is 0 Å². The Morgan fingerprint density at radius 3 is 2.58 bits per heavy atom. The number of amides is 1. The average Bonchev–Trinajstić information content (AvgIpc) is 3.13. The lowest BCUT2D eigenvalue weighted by atomic mass is 10.0. The van der Waals surface area contributed by atoms with Crippen molar-refractivity contribution >= 4 is 16.9 Å². The molecule has 0 aliphatic carbocycles. The number of hydrogen-bond donors (Lipinski definition) is 2. The second-order valence-electron chi connectivity index (χ2n) is 6.10. The number of aromatic amines is 1. The number of benzene rings is 2. The molecule has 0 unspecified atom stereocenters. The van der Waals surface area contributed by atoms with Gasteiger partial charge < -0.3 is 10.3 Å². The van der Waals surface area contributed by atoms with Gasteiger partial charge in [-0.1, -0.05) is 42.5 Å². The lowest BCUT2D eigenvalue weighted by molar-refractivity contribution is 0.0934. The Kier molecular flexibility index (Phi) is 4.43. The van der Waals surface area contributed by atoms with Crippen molar-refractivity contribution in [2.45, 2.75) is 12.5 Å². The highest BCUT2D eigenvalue weighted by Crippen LogP contribution is 2.20. The van der Waals surface area contributed by atoms with Crippen molar-refractivity contribution in [2.24, 2.45) is 0 Å². The third-order valence-corrected chi connectivity index (χ3v) is 4.25. The molecule has 0 aliphatic rings. The van der Waals surface area contributed by atoms with Gasteiger partial charge in [-0.2, -0.15) is 0 Å². The van der Waals surface area contributed by atoms with Crippen molar-refractivity contribution in [1.29, 1.82) is 0 Å². The van der Waals surface area contributed by atoms with Crippen molar-refractivity contribution in [3.05, 3.63) is 96.1 Å². The third kappa shape index (κ3) is 3.47. The number of aromatic nitrogens is 3. The zero-order valence-electron chi connectivity index (χ0n) is 14.1. The number of pyridine rings is 1. The molecule has 0 radical (unpaired) electrons. The van der Waals surface area contributed by atoms with E-state index in [1.54, 1.807) is 24.5 Å². The van der Waals surface area contributed by atoms with E-state index in [-0.39, 0.29) is 11.9 Å². The topological polar surface area (TPSA) is 70.7 Å². The number of imidazole rings is 1. The summed E-state index contributed by atoms with van der Waals surface area (Å²) in [7, 11) is 0. The van der Waals surface area contributed by atoms with E-state index in [2.05, 4.69) is 20.3 Å². The predicted molar refractivity (Wildman–Crippen MR) is 101 cm³/mol. The fraction of sp³-hybridized carbons (Fsp3) is 0.0952. The van der Waals surface area contributed by atoms with Crippen LogP contribution < -0.4 is 5.32 Å². The van der Waals surface area contributed by atoms with Gasteiger partial charge in [-0.25, -0.2) is 4.98 Å². The first-order chi connectivity index (χ1) is 12.8. The molecule has 1 amide bonds. The molecule has 0 saturated carbocycles. The van der Waals surface area contributed by atoms with Gasteiger partial charge in [0.2, 0.25) is 0 Å². The zero-order chi connectivity index (χ0) is 17.8. The van der Waals surface area contributed by atoms with Crippen LogP contribution in [0.4, 0.5) is 0 Å². The monoisotopic (exact) mass is 342 g/mol. The lowest BCUT2D eigenvalue weighted by Gasteiger charge is -2.17. The first kappa shape index (κ1) is 16.0. The van der Waals surface area contributed by atoms with Gasteiger partial charge in [0.25, 0.3) is 5.91 Å². The van der Waals surface area contributed by atoms with Crippen LogP contribution in [-0.2, 0) is 6.42 Å². The van der Waals surface area contributed by atoms with Crippen molar-refractivity contribution in [2.75, 3.05) is 0 Å². The summed E-state index contributed by atoms with van der Waals surface area (Å²) in [4.78, 5) is 24.7. The number of fused-ring (bicyclic) bond motifs is 1. The molecule has 0 fully saturated rings. The van der Waals surface area contributed by atoms with Crippen molar-refractivity contribution < 1.29 is 4.79 Å². The van der Waals surface area contributed by atoms with E-state index >= 15 is 0 Å². The molecule has 0 aliphatic heterocycles. The Morgan fingerprint density at radius 2 is 1.81 bits per heavy atom. The summed E-state index contributed by atoms with van der Waals surface area (Å²) < 4.78 is 0. The summed E-state index contributed by atoms with van der Waals surface area (Å²) in [5.74, 6) is 0.576. The minimum atomic E-state index is -0.266. The molecule has 4 aromatic rings. The van der Waals surface area contributed by atoms with E-state index in [0.29, 0.717) is 12.0 Å². The van der Waals surface area contributed by atoms with E-state index in [4.69, 9.17) is 0 Å². The molecule has 1 atom stereocenters. The molecule has 5 nitrogen and oxygen atoms in total. The standard InChI is InChI=1S/C21H18N4O/c26-21(16-9-6-12-22-14-16)25-19(13-15-7-2-1-3-8-15)20-23-17-10-4-5-11-18(17)24-20/h1-12,14,19H,13H2,(H,23,24)(H,25,26)/t19-/m0/s1. The average molecular weight is 342 g/mol. The van der Waals surface area contributed by atoms with Crippen LogP contribution in [-0.4, -0.2) is 20.9 Å². The summed E-state index contributed by atoms with van der Waals surface area (Å²) in [5.41, 5.74) is 3.50. The normalized spacial score (nSPS) is 12.0. The molecule has 5 heteroatoms. The first-order valence-electron chi connectivity index (χ1n) is 8.49. The first-order valence-corrected chi connectivity index (χ1v) is 8.49. The number of nitrogens with one attached hydrogen (secondary N) is 2. The van der Waals surface area contributed by atoms with Crippen LogP contribution in [0.3, 0.4) is 0 Å². The molecule has 26 heavy (non-hydrogen) atoms. The van der Waals surface area contributed by atoms with Gasteiger partial charge in [-0.05, 0) is 36.2 Å². The molecule has 4 rings (SSSR count). The molecule has 2 heterocycles. The van der Waals surface area contributed by atoms with Crippen molar-refractivity contribution in [3.8, 4) is 0 Å². The summed E-state index contributed by atoms with van der Waals surface area (Å²) >= 11 is 0. The summed E-state index contributed by atoms with van der Waals surface area (Å²) in [6.45, 7) is 0. The maximum atomic E-state index is 12.6. The Morgan fingerprint density at radius 1 is 1.00 bits per heavy atom. The largest absolute Gasteiger partial charge is 0.342 e. The molecule has 2 aromatic carbocycles. The van der Waals surface area contributed by atoms with Crippen LogP contribution in [0.5, 0.6) is 0 Å². The van der Waals surface area contributed by atoms with E-state index < -0.39 is 0 Å². The third-order valence-electron chi connectivity index (χ3n) is 4.25. The SMILES string of the molecule is O=C(N[C@@H](Cc1ccccc1)c1nc2ccccc2[nH]1)c1cccnc1. The van der Waals surface area contributed by atoms with E-state index in [1.165, 1.54) is 0 Å². The number of rotatable bonds is 5. The number of H-pyrrole nitrogens is 1. The number of carbonyl (C=O) groups is 1. The Balaban J connectivity index is 1.65. The van der Waals surface area contributed by atoms with E-state index in [0.717, 1.165) is 22.4 Å². The van der Waals surface area contributed by atoms with Crippen LogP contribution >= 0.6 is 0 Å². The highest BCUT2D eigenvalue weighted by atomic mass is 16.1. The van der Waals surface area contributed by atoms with Gasteiger partial charge in [0.1, 0.15) is 5.82 Å². The molecule has 128 valence electrons. The van der Waals surface area contributed by atoms with Crippen LogP contribution in [0.15, 0.2) is 79.1 Å². The highest BCUT2D eigenvalue weighted by Gasteiger charge is 2.20.